The Balaban J connectivity index is 3.13. The maximum atomic E-state index is 10.7. The number of halogens is 1. The van der Waals surface area contributed by atoms with Crippen molar-refractivity contribution < 1.29 is 14.6 Å². The maximum Gasteiger partial charge on any atom is 0.325 e. The van der Waals surface area contributed by atoms with Gasteiger partial charge in [0, 0.05) is 10.0 Å². The van der Waals surface area contributed by atoms with E-state index in [0.717, 1.165) is 4.47 Å². The van der Waals surface area contributed by atoms with Crippen molar-refractivity contribution in [3.8, 4) is 5.75 Å². The first-order chi connectivity index (χ1) is 6.56. The van der Waals surface area contributed by atoms with E-state index in [1.807, 2.05) is 0 Å². The number of hydrogen-bond donors (Lipinski definition) is 2. The number of carboxylic acid groups (broad SMARTS) is 1. The molecule has 0 aromatic heterocycles. The van der Waals surface area contributed by atoms with Gasteiger partial charge in [-0.05, 0) is 12.1 Å². The Labute approximate surface area is 89.8 Å². The van der Waals surface area contributed by atoms with Crippen LogP contribution in [0.2, 0.25) is 0 Å². The van der Waals surface area contributed by atoms with Crippen molar-refractivity contribution in [2.24, 2.45) is 5.73 Å². The van der Waals surface area contributed by atoms with Gasteiger partial charge < -0.3 is 15.6 Å². The van der Waals surface area contributed by atoms with Gasteiger partial charge in [0.05, 0.1) is 7.11 Å². The molecule has 1 aromatic carbocycles. The van der Waals surface area contributed by atoms with Crippen molar-refractivity contribution in [2.75, 3.05) is 7.11 Å². The zero-order valence-corrected chi connectivity index (χ0v) is 9.11. The first-order valence-electron chi connectivity index (χ1n) is 3.88. The van der Waals surface area contributed by atoms with Crippen LogP contribution in [0.3, 0.4) is 0 Å². The lowest BCUT2D eigenvalue weighted by molar-refractivity contribution is -0.138. The molecule has 0 heterocycles. The van der Waals surface area contributed by atoms with Gasteiger partial charge in [-0.3, -0.25) is 4.79 Å². The second-order valence-corrected chi connectivity index (χ2v) is 3.62. The van der Waals surface area contributed by atoms with Crippen LogP contribution in [0.4, 0.5) is 0 Å². The predicted octanol–water partition coefficient (Wildman–Crippen LogP) is 1.54. The molecule has 4 nitrogen and oxygen atoms in total. The number of methoxy groups -OCH3 is 1. The third kappa shape index (κ3) is 2.24. The van der Waals surface area contributed by atoms with E-state index in [1.54, 1.807) is 18.2 Å². The summed E-state index contributed by atoms with van der Waals surface area (Å²) >= 11 is 3.26. The van der Waals surface area contributed by atoms with E-state index in [4.69, 9.17) is 15.6 Å². The van der Waals surface area contributed by atoms with E-state index < -0.39 is 12.0 Å². The van der Waals surface area contributed by atoms with Crippen LogP contribution in [-0.4, -0.2) is 18.2 Å². The molecule has 0 aliphatic rings. The zero-order valence-electron chi connectivity index (χ0n) is 7.53. The summed E-state index contributed by atoms with van der Waals surface area (Å²) in [6, 6.07) is 3.97. The molecule has 0 aliphatic heterocycles. The van der Waals surface area contributed by atoms with E-state index >= 15 is 0 Å². The Morgan fingerprint density at radius 3 is 2.79 bits per heavy atom. The van der Waals surface area contributed by atoms with Crippen LogP contribution in [0.1, 0.15) is 11.6 Å². The number of hydrogen-bond acceptors (Lipinski definition) is 3. The summed E-state index contributed by atoms with van der Waals surface area (Å²) in [5, 5.41) is 8.73. The van der Waals surface area contributed by atoms with Crippen molar-refractivity contribution in [1.82, 2.24) is 0 Å². The Hall–Kier alpha value is -1.07. The lowest BCUT2D eigenvalue weighted by Crippen LogP contribution is -2.21. The minimum absolute atomic E-state index is 0.461. The van der Waals surface area contributed by atoms with Crippen LogP contribution in [0.5, 0.6) is 5.75 Å². The second-order valence-electron chi connectivity index (χ2n) is 2.70. The van der Waals surface area contributed by atoms with Crippen molar-refractivity contribution in [2.45, 2.75) is 6.04 Å². The van der Waals surface area contributed by atoms with Gasteiger partial charge in [0.25, 0.3) is 0 Å². The Morgan fingerprint density at radius 1 is 1.64 bits per heavy atom. The third-order valence-electron chi connectivity index (χ3n) is 1.80. The maximum absolute atomic E-state index is 10.7. The summed E-state index contributed by atoms with van der Waals surface area (Å²) in [5.74, 6) is -0.611. The highest BCUT2D eigenvalue weighted by Gasteiger charge is 2.18. The molecule has 1 aromatic rings. The van der Waals surface area contributed by atoms with Crippen molar-refractivity contribution in [1.29, 1.82) is 0 Å². The molecule has 14 heavy (non-hydrogen) atoms. The molecule has 0 radical (unpaired) electrons. The molecule has 0 saturated carbocycles. The predicted molar refractivity (Wildman–Crippen MR) is 55.3 cm³/mol. The van der Waals surface area contributed by atoms with E-state index in [2.05, 4.69) is 15.9 Å². The topological polar surface area (TPSA) is 72.5 Å². The normalized spacial score (nSPS) is 12.2. The number of benzene rings is 1. The Kier molecular flexibility index (Phi) is 3.49. The van der Waals surface area contributed by atoms with E-state index in [9.17, 15) is 4.79 Å². The molecule has 1 rings (SSSR count). The monoisotopic (exact) mass is 259 g/mol. The van der Waals surface area contributed by atoms with Gasteiger partial charge in [-0.2, -0.15) is 0 Å². The SMILES string of the molecule is COc1cc(Br)ccc1C(N)C(=O)O. The third-order valence-corrected chi connectivity index (χ3v) is 2.29. The zero-order chi connectivity index (χ0) is 10.7. The fourth-order valence-electron chi connectivity index (χ4n) is 1.07. The van der Waals surface area contributed by atoms with Crippen molar-refractivity contribution >= 4 is 21.9 Å². The summed E-state index contributed by atoms with van der Waals surface area (Å²) in [6.45, 7) is 0. The minimum Gasteiger partial charge on any atom is -0.496 e. The van der Waals surface area contributed by atoms with Crippen LogP contribution < -0.4 is 10.5 Å². The molecule has 0 bridgehead atoms. The summed E-state index contributed by atoms with van der Waals surface area (Å²) in [7, 11) is 1.47. The van der Waals surface area contributed by atoms with Gasteiger partial charge in [-0.25, -0.2) is 0 Å². The highest BCUT2D eigenvalue weighted by atomic mass is 79.9. The first kappa shape index (κ1) is 11.0. The fraction of sp³-hybridized carbons (Fsp3) is 0.222. The van der Waals surface area contributed by atoms with E-state index in [0.29, 0.717) is 11.3 Å². The summed E-state index contributed by atoms with van der Waals surface area (Å²) in [4.78, 5) is 10.7. The second kappa shape index (κ2) is 4.43. The molecule has 0 spiro atoms. The lowest BCUT2D eigenvalue weighted by Gasteiger charge is -2.11. The average Bonchev–Trinajstić information content (AvgIpc) is 2.16. The van der Waals surface area contributed by atoms with E-state index in [-0.39, 0.29) is 0 Å². The van der Waals surface area contributed by atoms with Gasteiger partial charge in [0.15, 0.2) is 0 Å². The largest absolute Gasteiger partial charge is 0.496 e. The number of nitrogens with two attached hydrogens (primary N) is 1. The minimum atomic E-state index is -1.08. The molecule has 5 heteroatoms. The Morgan fingerprint density at radius 2 is 2.29 bits per heavy atom. The molecule has 76 valence electrons. The van der Waals surface area contributed by atoms with Crippen LogP contribution in [0.25, 0.3) is 0 Å². The first-order valence-corrected chi connectivity index (χ1v) is 4.67. The average molecular weight is 260 g/mol. The number of carbonyl (C=O) groups is 1. The molecule has 3 N–H and O–H groups in total. The fourth-order valence-corrected chi connectivity index (χ4v) is 1.42. The van der Waals surface area contributed by atoms with E-state index in [1.165, 1.54) is 7.11 Å². The molecule has 0 saturated heterocycles. The van der Waals surface area contributed by atoms with Gasteiger partial charge in [0.2, 0.25) is 0 Å². The quantitative estimate of drug-likeness (QED) is 0.864. The van der Waals surface area contributed by atoms with Gasteiger partial charge >= 0.3 is 5.97 Å². The highest BCUT2D eigenvalue weighted by molar-refractivity contribution is 9.10. The highest BCUT2D eigenvalue weighted by Crippen LogP contribution is 2.27. The summed E-state index contributed by atoms with van der Waals surface area (Å²) < 4.78 is 5.84. The molecule has 0 aliphatic carbocycles. The Bertz CT molecular complexity index is 354. The molecule has 0 fully saturated rings. The number of carboxylic acids is 1. The molecule has 0 amide bonds. The number of rotatable bonds is 3. The van der Waals surface area contributed by atoms with Crippen LogP contribution >= 0.6 is 15.9 Å². The van der Waals surface area contributed by atoms with Crippen LogP contribution in [0.15, 0.2) is 22.7 Å². The summed E-state index contributed by atoms with van der Waals surface area (Å²) in [6.07, 6.45) is 0. The van der Waals surface area contributed by atoms with Gasteiger partial charge in [-0.15, -0.1) is 0 Å². The standard InChI is InChI=1S/C9H10BrNO3/c1-14-7-4-5(10)2-3-6(7)8(11)9(12)13/h2-4,8H,11H2,1H3,(H,12,13). The molecule has 1 atom stereocenters. The van der Waals surface area contributed by atoms with Gasteiger partial charge in [-0.1, -0.05) is 22.0 Å². The molecular formula is C9H10BrNO3. The van der Waals surface area contributed by atoms with Crippen molar-refractivity contribution in [3.63, 3.8) is 0 Å². The molecule has 1 unspecified atom stereocenters. The lowest BCUT2D eigenvalue weighted by atomic mass is 10.1. The number of ether oxygens (including phenoxy) is 1. The van der Waals surface area contributed by atoms with Crippen LogP contribution in [-0.2, 0) is 4.79 Å². The number of aliphatic carboxylic acids is 1. The van der Waals surface area contributed by atoms with Gasteiger partial charge in [0.1, 0.15) is 11.8 Å². The molecular weight excluding hydrogens is 250 g/mol. The summed E-state index contributed by atoms with van der Waals surface area (Å²) in [5.41, 5.74) is 5.93. The van der Waals surface area contributed by atoms with Crippen LogP contribution in [0, 0.1) is 0 Å². The van der Waals surface area contributed by atoms with Crippen molar-refractivity contribution in [3.05, 3.63) is 28.2 Å². The smallest absolute Gasteiger partial charge is 0.325 e.